The number of rotatable bonds is 19. The van der Waals surface area contributed by atoms with Gasteiger partial charge in [-0.2, -0.15) is 0 Å². The SMILES string of the molecule is O=C(O)CN(CCCN(CC(=O)O)C[C@H](Cc1ccccc1)N(CC(=O)O)CC(=O)O)CC(=O)O. The predicted molar refractivity (Wildman–Crippen MR) is 121 cm³/mol. The van der Waals surface area contributed by atoms with E-state index in [1.54, 1.807) is 30.3 Å². The quantitative estimate of drug-likeness (QED) is 0.161. The molecule has 0 bridgehead atoms. The fourth-order valence-electron chi connectivity index (χ4n) is 3.70. The van der Waals surface area contributed by atoms with E-state index in [0.717, 1.165) is 5.56 Å². The molecule has 0 radical (unpaired) electrons. The molecule has 0 saturated carbocycles. The summed E-state index contributed by atoms with van der Waals surface area (Å²) in [6.07, 6.45) is 0.505. The molecule has 0 aliphatic carbocycles. The summed E-state index contributed by atoms with van der Waals surface area (Å²) in [6.45, 7) is -2.28. The average Bonchev–Trinajstić information content (AvgIpc) is 2.71. The minimum atomic E-state index is -1.23. The molecule has 0 heterocycles. The molecule has 194 valence electrons. The first-order valence-corrected chi connectivity index (χ1v) is 10.8. The minimum absolute atomic E-state index is 0.0274. The van der Waals surface area contributed by atoms with Gasteiger partial charge in [-0.15, -0.1) is 0 Å². The van der Waals surface area contributed by atoms with E-state index < -0.39 is 68.6 Å². The van der Waals surface area contributed by atoms with Crippen molar-refractivity contribution in [3.63, 3.8) is 0 Å². The first kappa shape index (κ1) is 29.5. The average molecular weight is 498 g/mol. The predicted octanol–water partition coefficient (Wildman–Crippen LogP) is -0.683. The molecule has 0 amide bonds. The number of carbonyl (C=O) groups is 5. The summed E-state index contributed by atoms with van der Waals surface area (Å²) in [7, 11) is 0. The van der Waals surface area contributed by atoms with Gasteiger partial charge in [-0.1, -0.05) is 30.3 Å². The number of aliphatic carboxylic acids is 5. The lowest BCUT2D eigenvalue weighted by Gasteiger charge is -2.34. The third-order valence-corrected chi connectivity index (χ3v) is 5.00. The zero-order chi connectivity index (χ0) is 26.4. The van der Waals surface area contributed by atoms with E-state index >= 15 is 0 Å². The van der Waals surface area contributed by atoms with Crippen molar-refractivity contribution in [2.75, 3.05) is 52.4 Å². The van der Waals surface area contributed by atoms with Gasteiger partial charge in [0, 0.05) is 25.7 Å². The van der Waals surface area contributed by atoms with E-state index in [0.29, 0.717) is 0 Å². The van der Waals surface area contributed by atoms with Crippen molar-refractivity contribution in [2.24, 2.45) is 0 Å². The number of hydrogen-bond acceptors (Lipinski definition) is 8. The molecule has 35 heavy (non-hydrogen) atoms. The Morgan fingerprint density at radius 2 is 1.06 bits per heavy atom. The summed E-state index contributed by atoms with van der Waals surface area (Å²) < 4.78 is 0. The Bertz CT molecular complexity index is 832. The van der Waals surface area contributed by atoms with Gasteiger partial charge in [-0.05, 0) is 18.4 Å². The van der Waals surface area contributed by atoms with Crippen molar-refractivity contribution in [3.05, 3.63) is 35.9 Å². The van der Waals surface area contributed by atoms with Crippen molar-refractivity contribution in [1.29, 1.82) is 0 Å². The minimum Gasteiger partial charge on any atom is -0.480 e. The van der Waals surface area contributed by atoms with Crippen LogP contribution in [0.5, 0.6) is 0 Å². The van der Waals surface area contributed by atoms with Gasteiger partial charge in [0.25, 0.3) is 0 Å². The molecule has 5 N–H and O–H groups in total. The molecule has 0 spiro atoms. The molecule has 13 nitrogen and oxygen atoms in total. The molecule has 0 aromatic heterocycles. The molecule has 0 aliphatic heterocycles. The lowest BCUT2D eigenvalue weighted by molar-refractivity contribution is -0.145. The maximum Gasteiger partial charge on any atom is 0.317 e. The first-order valence-electron chi connectivity index (χ1n) is 10.8. The molecule has 1 aromatic carbocycles. The summed E-state index contributed by atoms with van der Waals surface area (Å²) in [4.78, 5) is 60.2. The molecular weight excluding hydrogens is 466 g/mol. The summed E-state index contributed by atoms with van der Waals surface area (Å²) in [5.41, 5.74) is 0.808. The second kappa shape index (κ2) is 15.4. The topological polar surface area (TPSA) is 196 Å². The molecule has 1 atom stereocenters. The van der Waals surface area contributed by atoms with Crippen LogP contribution in [0.25, 0.3) is 0 Å². The molecule has 1 aromatic rings. The van der Waals surface area contributed by atoms with Gasteiger partial charge in [-0.3, -0.25) is 38.7 Å². The van der Waals surface area contributed by atoms with Crippen molar-refractivity contribution >= 4 is 29.8 Å². The van der Waals surface area contributed by atoms with Gasteiger partial charge >= 0.3 is 29.8 Å². The van der Waals surface area contributed by atoms with Crippen molar-refractivity contribution in [2.45, 2.75) is 18.9 Å². The highest BCUT2D eigenvalue weighted by atomic mass is 16.4. The fraction of sp³-hybridized carbons (Fsp3) is 0.500. The highest BCUT2D eigenvalue weighted by Crippen LogP contribution is 2.12. The number of carboxylic acid groups (broad SMARTS) is 5. The Morgan fingerprint density at radius 3 is 1.51 bits per heavy atom. The van der Waals surface area contributed by atoms with Crippen LogP contribution in [-0.2, 0) is 30.4 Å². The zero-order valence-electron chi connectivity index (χ0n) is 19.2. The summed E-state index contributed by atoms with van der Waals surface area (Å²) >= 11 is 0. The van der Waals surface area contributed by atoms with Crippen molar-refractivity contribution in [3.8, 4) is 0 Å². The second-order valence-corrected chi connectivity index (χ2v) is 8.02. The molecule has 0 unspecified atom stereocenters. The zero-order valence-corrected chi connectivity index (χ0v) is 19.2. The first-order chi connectivity index (χ1) is 16.5. The smallest absolute Gasteiger partial charge is 0.317 e. The molecule has 1 rings (SSSR count). The van der Waals surface area contributed by atoms with E-state index in [1.807, 2.05) is 0 Å². The summed E-state index contributed by atoms with van der Waals surface area (Å²) in [5.74, 6) is -6.01. The van der Waals surface area contributed by atoms with E-state index in [9.17, 15) is 39.3 Å². The van der Waals surface area contributed by atoms with Crippen LogP contribution in [-0.4, -0.2) is 128 Å². The molecule has 0 fully saturated rings. The number of hydrogen-bond donors (Lipinski definition) is 5. The third-order valence-electron chi connectivity index (χ3n) is 5.00. The van der Waals surface area contributed by atoms with Gasteiger partial charge in [0.2, 0.25) is 0 Å². The van der Waals surface area contributed by atoms with Crippen molar-refractivity contribution < 1.29 is 49.5 Å². The molecule has 0 aliphatic rings. The van der Waals surface area contributed by atoms with Gasteiger partial charge in [0.1, 0.15) is 0 Å². The van der Waals surface area contributed by atoms with Gasteiger partial charge < -0.3 is 25.5 Å². The van der Waals surface area contributed by atoms with Gasteiger partial charge in [0.15, 0.2) is 0 Å². The number of nitrogens with zero attached hydrogens (tertiary/aromatic N) is 3. The normalized spacial score (nSPS) is 12.1. The highest BCUT2D eigenvalue weighted by Gasteiger charge is 2.26. The third kappa shape index (κ3) is 13.7. The van der Waals surface area contributed by atoms with Crippen LogP contribution < -0.4 is 0 Å². The van der Waals surface area contributed by atoms with E-state index in [2.05, 4.69) is 0 Å². The van der Waals surface area contributed by atoms with Gasteiger partial charge in [0.05, 0.1) is 32.7 Å². The Labute approximate surface area is 201 Å². The Hall–Kier alpha value is -3.55. The van der Waals surface area contributed by atoms with E-state index in [-0.39, 0.29) is 32.5 Å². The Morgan fingerprint density at radius 1 is 0.629 bits per heavy atom. The van der Waals surface area contributed by atoms with E-state index in [4.69, 9.17) is 10.2 Å². The Kier molecular flexibility index (Phi) is 12.9. The van der Waals surface area contributed by atoms with Crippen LogP contribution in [0.4, 0.5) is 0 Å². The standard InChI is InChI=1S/C22H31N3O10/c26-18(27)11-23(7-4-8-24(12-19(28)29)13-20(30)31)10-17(9-16-5-2-1-3-6-16)25(14-21(32)33)15-22(34)35/h1-3,5-6,17H,4,7-15H2,(H,26,27)(H,28,29)(H,30,31)(H,32,33)(H,34,35)/t17-/m0/s1. The second-order valence-electron chi connectivity index (χ2n) is 8.02. The van der Waals surface area contributed by atoms with Crippen LogP contribution in [0.1, 0.15) is 12.0 Å². The number of benzene rings is 1. The highest BCUT2D eigenvalue weighted by molar-refractivity contribution is 5.73. The van der Waals surface area contributed by atoms with Crippen LogP contribution in [0.15, 0.2) is 30.3 Å². The van der Waals surface area contributed by atoms with Crippen LogP contribution >= 0.6 is 0 Å². The number of carboxylic acids is 5. The maximum atomic E-state index is 11.5. The fourth-order valence-corrected chi connectivity index (χ4v) is 3.70. The monoisotopic (exact) mass is 497 g/mol. The molecule has 0 saturated heterocycles. The van der Waals surface area contributed by atoms with Crippen LogP contribution in [0.3, 0.4) is 0 Å². The van der Waals surface area contributed by atoms with Crippen LogP contribution in [0.2, 0.25) is 0 Å². The summed E-state index contributed by atoms with van der Waals surface area (Å²) in [5, 5.41) is 45.9. The van der Waals surface area contributed by atoms with Crippen molar-refractivity contribution in [1.82, 2.24) is 14.7 Å². The lowest BCUT2D eigenvalue weighted by Crippen LogP contribution is -2.50. The Balaban J connectivity index is 3.04. The largest absolute Gasteiger partial charge is 0.480 e. The summed E-state index contributed by atoms with van der Waals surface area (Å²) in [6, 6.07) is 8.28. The van der Waals surface area contributed by atoms with Crippen LogP contribution in [0, 0.1) is 0 Å². The maximum absolute atomic E-state index is 11.5. The molecular formula is C22H31N3O10. The molecule has 13 heteroatoms. The van der Waals surface area contributed by atoms with Gasteiger partial charge in [-0.25, -0.2) is 0 Å². The van der Waals surface area contributed by atoms with E-state index in [1.165, 1.54) is 14.7 Å². The lowest BCUT2D eigenvalue weighted by atomic mass is 10.0.